The fraction of sp³-hybridized carbons (Fsp3) is 0.323. The second kappa shape index (κ2) is 11.9. The van der Waals surface area contributed by atoms with Gasteiger partial charge in [-0.25, -0.2) is 9.18 Å². The number of hydrogen-bond donors (Lipinski definition) is 1. The summed E-state index contributed by atoms with van der Waals surface area (Å²) in [5.41, 5.74) is 5.41. The Morgan fingerprint density at radius 2 is 1.61 bits per heavy atom. The number of carbonyl (C=O) groups is 1. The first-order valence-corrected chi connectivity index (χ1v) is 12.8. The molecule has 2 heterocycles. The van der Waals surface area contributed by atoms with Gasteiger partial charge in [-0.3, -0.25) is 4.90 Å². The van der Waals surface area contributed by atoms with E-state index in [0.717, 1.165) is 24.1 Å². The average Bonchev–Trinajstić information content (AvgIpc) is 3.14. The molecule has 1 fully saturated rings. The van der Waals surface area contributed by atoms with Crippen LogP contribution in [0.25, 0.3) is 16.7 Å². The van der Waals surface area contributed by atoms with E-state index < -0.39 is 12.1 Å². The van der Waals surface area contributed by atoms with E-state index in [2.05, 4.69) is 54.3 Å². The van der Waals surface area contributed by atoms with Crippen molar-refractivity contribution >= 4 is 11.5 Å². The van der Waals surface area contributed by atoms with E-state index in [0.29, 0.717) is 23.6 Å². The van der Waals surface area contributed by atoms with Gasteiger partial charge in [0.25, 0.3) is 0 Å². The number of carboxylic acid groups (broad SMARTS) is 1. The zero-order valence-corrected chi connectivity index (χ0v) is 21.2. The molecule has 0 saturated carbocycles. The van der Waals surface area contributed by atoms with Gasteiger partial charge in [-0.1, -0.05) is 85.8 Å². The number of carboxylic acids is 1. The Kier molecular flexibility index (Phi) is 8.67. The molecule has 1 saturated heterocycles. The molecule has 3 aromatic carbocycles. The molecule has 3 nitrogen and oxygen atoms in total. The average molecular weight is 526 g/mol. The van der Waals surface area contributed by atoms with Crippen LogP contribution in [0.3, 0.4) is 0 Å². The summed E-state index contributed by atoms with van der Waals surface area (Å²) in [6.45, 7) is 3.47. The lowest BCUT2D eigenvalue weighted by Crippen LogP contribution is -2.39. The lowest BCUT2D eigenvalue weighted by atomic mass is 9.92. The predicted molar refractivity (Wildman–Crippen MR) is 141 cm³/mol. The van der Waals surface area contributed by atoms with Crippen LogP contribution in [0.5, 0.6) is 0 Å². The smallest absolute Gasteiger partial charge is 0.475 e. The topological polar surface area (TPSA) is 40.5 Å². The molecular weight excluding hydrogens is 494 g/mol. The lowest BCUT2D eigenvalue weighted by molar-refractivity contribution is -0.192. The number of halogens is 4. The minimum absolute atomic E-state index is 0.129. The van der Waals surface area contributed by atoms with E-state index in [4.69, 9.17) is 9.90 Å². The maximum Gasteiger partial charge on any atom is 0.490 e. The molecule has 1 N–H and O–H groups in total. The molecular formula is C31H31F4NO2. The Balaban J connectivity index is 0.000000426. The van der Waals surface area contributed by atoms with Gasteiger partial charge in [0.1, 0.15) is 5.82 Å². The van der Waals surface area contributed by atoms with Crippen LogP contribution in [-0.4, -0.2) is 40.8 Å². The maximum atomic E-state index is 14.9. The molecule has 7 heteroatoms. The van der Waals surface area contributed by atoms with Gasteiger partial charge in [0.2, 0.25) is 0 Å². The number of benzene rings is 3. The van der Waals surface area contributed by atoms with Crippen LogP contribution in [0.15, 0.2) is 84.9 Å². The van der Waals surface area contributed by atoms with Crippen LogP contribution in [-0.2, 0) is 4.79 Å². The van der Waals surface area contributed by atoms with Crippen LogP contribution in [0.4, 0.5) is 17.6 Å². The normalized spacial score (nSPS) is 19.8. The molecule has 3 unspecified atom stereocenters. The van der Waals surface area contributed by atoms with Gasteiger partial charge < -0.3 is 5.11 Å². The summed E-state index contributed by atoms with van der Waals surface area (Å²) in [6, 6.07) is 27.5. The Morgan fingerprint density at radius 1 is 0.974 bits per heavy atom. The van der Waals surface area contributed by atoms with Crippen molar-refractivity contribution in [3.05, 3.63) is 102 Å². The minimum atomic E-state index is -5.08. The van der Waals surface area contributed by atoms with Gasteiger partial charge in [0, 0.05) is 17.6 Å². The standard InChI is InChI=1S/C29H30FN.C2HF3O2/c1-21(22-8-4-2-5-9-22)16-17-31-26-13-14-27(31)19-25(18-26)24-12-15-28(29(30)20-24)23-10-6-3-7-11-23;3-2(4,5)1(6)7/h2-12,15,18,20-21,26-27H,13-14,16-17,19H2,1H3;(H,6,7). The fourth-order valence-electron chi connectivity index (χ4n) is 5.34. The molecule has 2 bridgehead atoms. The molecule has 0 aliphatic carbocycles. The van der Waals surface area contributed by atoms with Gasteiger partial charge in [0.05, 0.1) is 0 Å². The minimum Gasteiger partial charge on any atom is -0.475 e. The fourth-order valence-corrected chi connectivity index (χ4v) is 5.34. The molecule has 3 aromatic rings. The molecule has 3 atom stereocenters. The zero-order valence-electron chi connectivity index (χ0n) is 21.2. The molecule has 2 aliphatic rings. The molecule has 0 spiro atoms. The number of fused-ring (bicyclic) bond motifs is 2. The van der Waals surface area contributed by atoms with Crippen molar-refractivity contribution in [1.29, 1.82) is 0 Å². The second-order valence-corrected chi connectivity index (χ2v) is 9.90. The van der Waals surface area contributed by atoms with Crippen LogP contribution in [0.1, 0.15) is 49.7 Å². The maximum absolute atomic E-state index is 14.9. The van der Waals surface area contributed by atoms with E-state index in [1.807, 2.05) is 36.4 Å². The highest BCUT2D eigenvalue weighted by molar-refractivity contribution is 5.73. The van der Waals surface area contributed by atoms with Crippen LogP contribution >= 0.6 is 0 Å². The third-order valence-electron chi connectivity index (χ3n) is 7.40. The van der Waals surface area contributed by atoms with Crippen molar-refractivity contribution in [2.75, 3.05) is 6.54 Å². The summed E-state index contributed by atoms with van der Waals surface area (Å²) >= 11 is 0. The zero-order chi connectivity index (χ0) is 27.3. The predicted octanol–water partition coefficient (Wildman–Crippen LogP) is 7.94. The molecule has 200 valence electrons. The Hall–Kier alpha value is -3.45. The van der Waals surface area contributed by atoms with E-state index >= 15 is 0 Å². The lowest BCUT2D eigenvalue weighted by Gasteiger charge is -2.35. The number of nitrogens with zero attached hydrogens (tertiary/aromatic N) is 1. The summed E-state index contributed by atoms with van der Waals surface area (Å²) in [5.74, 6) is -2.31. The highest BCUT2D eigenvalue weighted by Gasteiger charge is 2.38. The molecule has 38 heavy (non-hydrogen) atoms. The van der Waals surface area contributed by atoms with Gasteiger partial charge in [-0.15, -0.1) is 0 Å². The largest absolute Gasteiger partial charge is 0.490 e. The highest BCUT2D eigenvalue weighted by atomic mass is 19.4. The quantitative estimate of drug-likeness (QED) is 0.332. The number of hydrogen-bond acceptors (Lipinski definition) is 2. The number of rotatable bonds is 6. The number of alkyl halides is 3. The molecule has 0 aromatic heterocycles. The summed E-state index contributed by atoms with van der Waals surface area (Å²) in [6.07, 6.45) is 2.00. The van der Waals surface area contributed by atoms with Crippen molar-refractivity contribution in [2.45, 2.75) is 56.8 Å². The molecule has 5 rings (SSSR count). The third-order valence-corrected chi connectivity index (χ3v) is 7.40. The van der Waals surface area contributed by atoms with Gasteiger partial charge in [0.15, 0.2) is 0 Å². The van der Waals surface area contributed by atoms with Crippen molar-refractivity contribution in [3.8, 4) is 11.1 Å². The van der Waals surface area contributed by atoms with Crippen molar-refractivity contribution in [3.63, 3.8) is 0 Å². The van der Waals surface area contributed by atoms with Crippen molar-refractivity contribution in [2.24, 2.45) is 0 Å². The Morgan fingerprint density at radius 3 is 2.18 bits per heavy atom. The summed E-state index contributed by atoms with van der Waals surface area (Å²) in [4.78, 5) is 11.6. The number of aliphatic carboxylic acids is 1. The molecule has 0 amide bonds. The van der Waals surface area contributed by atoms with Gasteiger partial charge in [-0.2, -0.15) is 13.2 Å². The van der Waals surface area contributed by atoms with E-state index in [9.17, 15) is 17.6 Å². The van der Waals surface area contributed by atoms with Crippen LogP contribution in [0, 0.1) is 5.82 Å². The molecule has 2 aliphatic heterocycles. The first kappa shape index (κ1) is 27.6. The summed E-state index contributed by atoms with van der Waals surface area (Å²) in [5, 5.41) is 7.12. The summed E-state index contributed by atoms with van der Waals surface area (Å²) < 4.78 is 46.6. The Bertz CT molecular complexity index is 1260. The highest BCUT2D eigenvalue weighted by Crippen LogP contribution is 2.40. The third kappa shape index (κ3) is 6.70. The van der Waals surface area contributed by atoms with Crippen molar-refractivity contribution < 1.29 is 27.5 Å². The monoisotopic (exact) mass is 525 g/mol. The second-order valence-electron chi connectivity index (χ2n) is 9.90. The SMILES string of the molecule is CC(CCN1C2C=C(c3ccc(-c4ccccc4)c(F)c3)CC1CC2)c1ccccc1.O=C(O)C(F)(F)F. The van der Waals surface area contributed by atoms with Crippen LogP contribution in [0.2, 0.25) is 0 Å². The molecule has 0 radical (unpaired) electrons. The van der Waals surface area contributed by atoms with Crippen molar-refractivity contribution in [1.82, 2.24) is 4.90 Å². The summed E-state index contributed by atoms with van der Waals surface area (Å²) in [7, 11) is 0. The van der Waals surface area contributed by atoms with E-state index in [1.165, 1.54) is 30.4 Å². The van der Waals surface area contributed by atoms with E-state index in [1.54, 1.807) is 6.07 Å². The first-order chi connectivity index (χ1) is 18.1. The van der Waals surface area contributed by atoms with Gasteiger partial charge in [-0.05, 0) is 66.5 Å². The van der Waals surface area contributed by atoms with E-state index in [-0.39, 0.29) is 5.82 Å². The first-order valence-electron chi connectivity index (χ1n) is 12.8. The Labute approximate surface area is 220 Å². The van der Waals surface area contributed by atoms with Gasteiger partial charge >= 0.3 is 12.1 Å². The van der Waals surface area contributed by atoms with Crippen LogP contribution < -0.4 is 0 Å².